The number of hydrogen-bond donors (Lipinski definition) is 1. The molecule has 23 heavy (non-hydrogen) atoms. The molecule has 2 atom stereocenters. The smallest absolute Gasteiger partial charge is 0.246 e. The molecule has 2 fully saturated rings. The number of morpholine rings is 1. The number of aryl methyl sites for hydroxylation is 1. The van der Waals surface area contributed by atoms with E-state index in [-0.39, 0.29) is 18.6 Å². The predicted octanol–water partition coefficient (Wildman–Crippen LogP) is 1.47. The number of ether oxygens (including phenoxy) is 1. The number of nitrogens with zero attached hydrogens (tertiary/aromatic N) is 3. The van der Waals surface area contributed by atoms with Gasteiger partial charge in [0.05, 0.1) is 5.54 Å². The molecular weight excluding hydrogens is 312 g/mol. The van der Waals surface area contributed by atoms with Crippen LogP contribution in [0.2, 0.25) is 0 Å². The van der Waals surface area contributed by atoms with Crippen molar-refractivity contribution in [3.8, 4) is 0 Å². The molecule has 2 saturated heterocycles. The Bertz CT molecular complexity index is 720. The summed E-state index contributed by atoms with van der Waals surface area (Å²) < 4.78 is 5.91. The summed E-state index contributed by atoms with van der Waals surface area (Å²) in [5, 5.41) is 13.4. The number of benzene rings is 1. The Labute approximate surface area is 138 Å². The second kappa shape index (κ2) is 5.58. The molecule has 1 amide bonds. The van der Waals surface area contributed by atoms with Crippen molar-refractivity contribution in [3.63, 3.8) is 0 Å². The summed E-state index contributed by atoms with van der Waals surface area (Å²) in [5.41, 5.74) is 0.651. The number of nitrogens with one attached hydrogen (secondary N) is 1. The molecule has 6 nitrogen and oxygen atoms in total. The van der Waals surface area contributed by atoms with Gasteiger partial charge in [-0.25, -0.2) is 0 Å². The predicted molar refractivity (Wildman–Crippen MR) is 87.5 cm³/mol. The maximum absolute atomic E-state index is 12.0. The standard InChI is InChI=1S/C16H18N4O2S/c1-11-18-19-15(23-11)20-8-7-16(12-5-3-2-4-6-12)13(9-20)22-10-14(21)17-16/h2-6,13H,7-10H2,1H3,(H,17,21)/t13-,16+/m1/s1. The summed E-state index contributed by atoms with van der Waals surface area (Å²) in [5.74, 6) is -0.0506. The van der Waals surface area contributed by atoms with Gasteiger partial charge in [-0.2, -0.15) is 0 Å². The zero-order valence-electron chi connectivity index (χ0n) is 12.9. The van der Waals surface area contributed by atoms with Crippen LogP contribution in [0.4, 0.5) is 5.13 Å². The molecule has 1 N–H and O–H groups in total. The maximum Gasteiger partial charge on any atom is 0.246 e. The third kappa shape index (κ3) is 2.49. The highest BCUT2D eigenvalue weighted by atomic mass is 32.1. The molecule has 1 aromatic carbocycles. The molecule has 0 spiro atoms. The number of hydrogen-bond acceptors (Lipinski definition) is 6. The van der Waals surface area contributed by atoms with Crippen LogP contribution in [0, 0.1) is 6.92 Å². The minimum absolute atomic E-state index is 0.0506. The average Bonchev–Trinajstić information content (AvgIpc) is 3.01. The van der Waals surface area contributed by atoms with Gasteiger partial charge in [-0.1, -0.05) is 41.7 Å². The molecular formula is C16H18N4O2S. The van der Waals surface area contributed by atoms with Crippen molar-refractivity contribution < 1.29 is 9.53 Å². The lowest BCUT2D eigenvalue weighted by molar-refractivity contribution is -0.146. The van der Waals surface area contributed by atoms with Crippen LogP contribution in [-0.2, 0) is 15.1 Å². The lowest BCUT2D eigenvalue weighted by Crippen LogP contribution is -2.66. The molecule has 7 heteroatoms. The molecule has 2 aromatic rings. The lowest BCUT2D eigenvalue weighted by Gasteiger charge is -2.50. The SMILES string of the molecule is Cc1nnc(N2CC[C@@]3(c4ccccc4)NC(=O)CO[C@@H]3C2)s1. The Morgan fingerprint density at radius 2 is 2.17 bits per heavy atom. The zero-order chi connectivity index (χ0) is 15.9. The number of carbonyl (C=O) groups excluding carboxylic acids is 1. The topological polar surface area (TPSA) is 67.4 Å². The second-order valence-corrected chi connectivity index (χ2v) is 7.14. The zero-order valence-corrected chi connectivity index (χ0v) is 13.7. The fraction of sp³-hybridized carbons (Fsp3) is 0.438. The third-order valence-electron chi connectivity index (χ3n) is 4.56. The maximum atomic E-state index is 12.0. The van der Waals surface area contributed by atoms with E-state index in [4.69, 9.17) is 4.74 Å². The first-order valence-electron chi connectivity index (χ1n) is 7.70. The first-order valence-corrected chi connectivity index (χ1v) is 8.52. The van der Waals surface area contributed by atoms with Crippen LogP contribution in [-0.4, -0.2) is 41.9 Å². The number of amides is 1. The van der Waals surface area contributed by atoms with Gasteiger partial charge in [0.25, 0.3) is 0 Å². The van der Waals surface area contributed by atoms with E-state index in [1.807, 2.05) is 25.1 Å². The minimum Gasteiger partial charge on any atom is -0.364 e. The Balaban J connectivity index is 1.66. The molecule has 1 aromatic heterocycles. The molecule has 2 aliphatic heterocycles. The molecule has 3 heterocycles. The first kappa shape index (κ1) is 14.6. The highest BCUT2D eigenvalue weighted by Crippen LogP contribution is 2.38. The van der Waals surface area contributed by atoms with Crippen LogP contribution in [0.3, 0.4) is 0 Å². The van der Waals surface area contributed by atoms with Gasteiger partial charge in [0.1, 0.15) is 17.7 Å². The minimum atomic E-state index is -0.452. The van der Waals surface area contributed by atoms with Crippen LogP contribution in [0.15, 0.2) is 30.3 Å². The van der Waals surface area contributed by atoms with E-state index in [0.29, 0.717) is 6.54 Å². The Morgan fingerprint density at radius 3 is 2.91 bits per heavy atom. The molecule has 0 unspecified atom stereocenters. The van der Waals surface area contributed by atoms with E-state index in [9.17, 15) is 4.79 Å². The van der Waals surface area contributed by atoms with E-state index in [1.54, 1.807) is 11.3 Å². The summed E-state index contributed by atoms with van der Waals surface area (Å²) in [6, 6.07) is 10.1. The number of anilines is 1. The molecule has 0 radical (unpaired) electrons. The van der Waals surface area contributed by atoms with Crippen molar-refractivity contribution in [1.82, 2.24) is 15.5 Å². The van der Waals surface area contributed by atoms with Gasteiger partial charge >= 0.3 is 0 Å². The first-order chi connectivity index (χ1) is 11.2. The van der Waals surface area contributed by atoms with Crippen LogP contribution in [0.1, 0.15) is 17.0 Å². The Kier molecular flexibility index (Phi) is 3.54. The van der Waals surface area contributed by atoms with Crippen molar-refractivity contribution in [2.45, 2.75) is 25.0 Å². The average molecular weight is 330 g/mol. The Hall–Kier alpha value is -1.99. The van der Waals surface area contributed by atoms with Gasteiger partial charge in [0.2, 0.25) is 11.0 Å². The monoisotopic (exact) mass is 330 g/mol. The van der Waals surface area contributed by atoms with E-state index < -0.39 is 5.54 Å². The van der Waals surface area contributed by atoms with Crippen LogP contribution >= 0.6 is 11.3 Å². The van der Waals surface area contributed by atoms with Crippen molar-refractivity contribution in [2.24, 2.45) is 0 Å². The molecule has 0 bridgehead atoms. The molecule has 0 saturated carbocycles. The summed E-state index contributed by atoms with van der Waals surface area (Å²) in [6.07, 6.45) is 0.687. The molecule has 120 valence electrons. The van der Waals surface area contributed by atoms with E-state index in [1.165, 1.54) is 0 Å². The van der Waals surface area contributed by atoms with Crippen LogP contribution in [0.5, 0.6) is 0 Å². The molecule has 2 aliphatic rings. The van der Waals surface area contributed by atoms with Gasteiger partial charge in [-0.3, -0.25) is 4.79 Å². The van der Waals surface area contributed by atoms with Crippen LogP contribution in [0.25, 0.3) is 0 Å². The molecule has 0 aliphatic carbocycles. The number of piperidine rings is 1. The quantitative estimate of drug-likeness (QED) is 0.903. The lowest BCUT2D eigenvalue weighted by atomic mass is 9.77. The summed E-state index contributed by atoms with van der Waals surface area (Å²) in [7, 11) is 0. The largest absolute Gasteiger partial charge is 0.364 e. The number of aromatic nitrogens is 2. The van der Waals surface area contributed by atoms with Crippen LogP contribution < -0.4 is 10.2 Å². The Morgan fingerprint density at radius 1 is 1.35 bits per heavy atom. The summed E-state index contributed by atoms with van der Waals surface area (Å²) in [4.78, 5) is 14.2. The number of carbonyl (C=O) groups is 1. The molecule has 4 rings (SSSR count). The highest BCUT2D eigenvalue weighted by Gasteiger charge is 2.49. The summed E-state index contributed by atoms with van der Waals surface area (Å²) >= 11 is 1.59. The normalized spacial score (nSPS) is 27.4. The van der Waals surface area contributed by atoms with Gasteiger partial charge < -0.3 is 15.0 Å². The second-order valence-electron chi connectivity index (χ2n) is 5.98. The van der Waals surface area contributed by atoms with Gasteiger partial charge in [0.15, 0.2) is 0 Å². The van der Waals surface area contributed by atoms with E-state index >= 15 is 0 Å². The van der Waals surface area contributed by atoms with Crippen molar-refractivity contribution in [2.75, 3.05) is 24.6 Å². The van der Waals surface area contributed by atoms with E-state index in [2.05, 4.69) is 32.5 Å². The van der Waals surface area contributed by atoms with Crippen molar-refractivity contribution >= 4 is 22.4 Å². The fourth-order valence-electron chi connectivity index (χ4n) is 3.44. The summed E-state index contributed by atoms with van der Waals surface area (Å²) in [6.45, 7) is 3.58. The van der Waals surface area contributed by atoms with Crippen molar-refractivity contribution in [3.05, 3.63) is 40.9 Å². The fourth-order valence-corrected chi connectivity index (χ4v) is 4.17. The van der Waals surface area contributed by atoms with Crippen molar-refractivity contribution in [1.29, 1.82) is 0 Å². The van der Waals surface area contributed by atoms with E-state index in [0.717, 1.165) is 28.7 Å². The number of fused-ring (bicyclic) bond motifs is 1. The van der Waals surface area contributed by atoms with Gasteiger partial charge in [-0.05, 0) is 18.9 Å². The number of rotatable bonds is 2. The highest BCUT2D eigenvalue weighted by molar-refractivity contribution is 7.15. The third-order valence-corrected chi connectivity index (χ3v) is 5.46. The van der Waals surface area contributed by atoms with Gasteiger partial charge in [0, 0.05) is 13.1 Å². The van der Waals surface area contributed by atoms with Gasteiger partial charge in [-0.15, -0.1) is 10.2 Å².